The van der Waals surface area contributed by atoms with Crippen LogP contribution < -0.4 is 15.8 Å². The molecule has 1 aliphatic heterocycles. The van der Waals surface area contributed by atoms with Crippen LogP contribution in [0.5, 0.6) is 0 Å². The first-order valence-electron chi connectivity index (χ1n) is 8.92. The lowest BCUT2D eigenvalue weighted by Crippen LogP contribution is -2.41. The summed E-state index contributed by atoms with van der Waals surface area (Å²) in [6.45, 7) is 3.59. The largest absolute Gasteiger partial charge is 0.460 e. The van der Waals surface area contributed by atoms with Crippen molar-refractivity contribution in [3.8, 4) is 0 Å². The average Bonchev–Trinajstić information content (AvgIpc) is 3.38. The van der Waals surface area contributed by atoms with E-state index in [-0.39, 0.29) is 12.4 Å². The lowest BCUT2D eigenvalue weighted by molar-refractivity contribution is -0.142. The molecular formula is C23H18N2O3. The third kappa shape index (κ3) is 3.18. The van der Waals surface area contributed by atoms with Gasteiger partial charge in [0.05, 0.1) is 5.69 Å². The van der Waals surface area contributed by atoms with Gasteiger partial charge in [0.25, 0.3) is 0 Å². The normalized spacial score (nSPS) is 13.7. The molecule has 2 aromatic carbocycles. The van der Waals surface area contributed by atoms with E-state index in [0.717, 1.165) is 21.7 Å². The molecule has 2 aromatic rings. The van der Waals surface area contributed by atoms with Crippen molar-refractivity contribution in [2.75, 3.05) is 11.9 Å². The Morgan fingerprint density at radius 2 is 2.04 bits per heavy atom. The van der Waals surface area contributed by atoms with Crippen LogP contribution in [0.15, 0.2) is 60.1 Å². The molecule has 0 radical (unpaired) electrons. The van der Waals surface area contributed by atoms with E-state index in [1.807, 2.05) is 42.5 Å². The van der Waals surface area contributed by atoms with Crippen LogP contribution in [0, 0.1) is 0 Å². The fraction of sp³-hybridized carbons (Fsp3) is 0.0870. The van der Waals surface area contributed by atoms with E-state index < -0.39 is 12.0 Å². The first-order valence-corrected chi connectivity index (χ1v) is 8.92. The van der Waals surface area contributed by atoms with Gasteiger partial charge in [-0.2, -0.15) is 0 Å². The zero-order chi connectivity index (χ0) is 19.5. The average molecular weight is 370 g/mol. The molecule has 0 saturated heterocycles. The molecular weight excluding hydrogens is 352 g/mol. The molecule has 0 fully saturated rings. The summed E-state index contributed by atoms with van der Waals surface area (Å²) >= 11 is 0. The van der Waals surface area contributed by atoms with Crippen molar-refractivity contribution < 1.29 is 14.3 Å². The predicted octanol–water partition coefficient (Wildman–Crippen LogP) is 2.38. The highest BCUT2D eigenvalue weighted by molar-refractivity contribution is 6.15. The number of benzene rings is 2. The minimum atomic E-state index is -1.17. The van der Waals surface area contributed by atoms with E-state index in [9.17, 15) is 9.59 Å². The van der Waals surface area contributed by atoms with Crippen LogP contribution >= 0.6 is 0 Å². The first-order chi connectivity index (χ1) is 13.7. The van der Waals surface area contributed by atoms with E-state index in [0.29, 0.717) is 11.3 Å². The fourth-order valence-corrected chi connectivity index (χ4v) is 3.30. The van der Waals surface area contributed by atoms with Crippen molar-refractivity contribution >= 4 is 47.6 Å². The number of anilines is 1. The number of rotatable bonds is 7. The first kappa shape index (κ1) is 17.7. The lowest BCUT2D eigenvalue weighted by Gasteiger charge is -2.18. The van der Waals surface area contributed by atoms with E-state index in [4.69, 9.17) is 4.74 Å². The number of esters is 1. The minimum Gasteiger partial charge on any atom is -0.460 e. The summed E-state index contributed by atoms with van der Waals surface area (Å²) in [5.41, 5.74) is 2.86. The second kappa shape index (κ2) is 7.48. The topological polar surface area (TPSA) is 67.8 Å². The van der Waals surface area contributed by atoms with E-state index >= 15 is 0 Å². The number of aliphatic imine (C=N–C) groups is 1. The number of nitrogens with one attached hydrogen (secondary N) is 1. The molecule has 1 heterocycles. The Hall–Kier alpha value is -3.73. The Kier molecular flexibility index (Phi) is 4.72. The molecule has 28 heavy (non-hydrogen) atoms. The third-order valence-electron chi connectivity index (χ3n) is 4.58. The van der Waals surface area contributed by atoms with Crippen molar-refractivity contribution in [2.24, 2.45) is 4.99 Å². The van der Waals surface area contributed by atoms with Crippen molar-refractivity contribution in [1.82, 2.24) is 0 Å². The second-order valence-corrected chi connectivity index (χ2v) is 6.39. The molecule has 1 atom stereocenters. The summed E-state index contributed by atoms with van der Waals surface area (Å²) in [5, 5.41) is 4.64. The Bertz CT molecular complexity index is 1140. The maximum absolute atomic E-state index is 13.4. The number of carbonyl (C=O) groups excluding carboxylic acids is 2. The van der Waals surface area contributed by atoms with Gasteiger partial charge in [-0.25, -0.2) is 4.79 Å². The Morgan fingerprint density at radius 1 is 1.21 bits per heavy atom. The van der Waals surface area contributed by atoms with Crippen LogP contribution in [-0.4, -0.2) is 30.6 Å². The van der Waals surface area contributed by atoms with Crippen molar-refractivity contribution in [3.05, 3.63) is 76.7 Å². The van der Waals surface area contributed by atoms with E-state index in [2.05, 4.69) is 16.9 Å². The number of fused-ring (bicyclic) bond motifs is 3. The highest BCUT2D eigenvalue weighted by Crippen LogP contribution is 2.20. The van der Waals surface area contributed by atoms with Crippen LogP contribution in [0.4, 0.5) is 11.4 Å². The van der Waals surface area contributed by atoms with Crippen molar-refractivity contribution in [3.63, 3.8) is 0 Å². The van der Waals surface area contributed by atoms with Gasteiger partial charge < -0.3 is 10.1 Å². The zero-order valence-corrected chi connectivity index (χ0v) is 15.1. The third-order valence-corrected chi connectivity index (χ3v) is 4.58. The molecule has 0 bridgehead atoms. The molecule has 0 spiro atoms. The number of carbonyl (C=O) groups is 2. The monoisotopic (exact) mass is 370 g/mol. The standard InChI is InChI=1S/C23H18N2O3/c1-2-13-28-23(27)21(25-16-7-4-3-5-8-16)22(26)19-14-15-11-12-24-20(15)18-10-6-9-17(18)19/h2-12,14,21,25H,1,13H2. The summed E-state index contributed by atoms with van der Waals surface area (Å²) in [7, 11) is 0. The fourth-order valence-electron chi connectivity index (χ4n) is 3.30. The number of hydrogen-bond acceptors (Lipinski definition) is 5. The molecule has 0 amide bonds. The number of allylic oxidation sites excluding steroid dienone is 1. The Balaban J connectivity index is 1.75. The van der Waals surface area contributed by atoms with Gasteiger partial charge in [-0.15, -0.1) is 0 Å². The molecule has 5 heteroatoms. The summed E-state index contributed by atoms with van der Waals surface area (Å²) < 4.78 is 5.18. The van der Waals surface area contributed by atoms with Gasteiger partial charge in [0.1, 0.15) is 6.61 Å². The molecule has 1 unspecified atom stereocenters. The van der Waals surface area contributed by atoms with Gasteiger partial charge in [0, 0.05) is 28.2 Å². The van der Waals surface area contributed by atoms with Crippen LogP contribution in [0.2, 0.25) is 0 Å². The maximum Gasteiger partial charge on any atom is 0.337 e. The number of para-hydroxylation sites is 1. The predicted molar refractivity (Wildman–Crippen MR) is 111 cm³/mol. The molecule has 138 valence electrons. The summed E-state index contributed by atoms with van der Waals surface area (Å²) in [6.07, 6.45) is 10.7. The van der Waals surface area contributed by atoms with Gasteiger partial charge in [-0.3, -0.25) is 9.79 Å². The zero-order valence-electron chi connectivity index (χ0n) is 15.1. The highest BCUT2D eigenvalue weighted by atomic mass is 16.5. The molecule has 0 saturated carbocycles. The van der Waals surface area contributed by atoms with Crippen LogP contribution in [0.1, 0.15) is 15.9 Å². The van der Waals surface area contributed by atoms with Gasteiger partial charge in [-0.05, 0) is 29.5 Å². The number of ether oxygens (including phenoxy) is 1. The Morgan fingerprint density at radius 3 is 2.82 bits per heavy atom. The quantitative estimate of drug-likeness (QED) is 0.352. The molecule has 2 aliphatic rings. The van der Waals surface area contributed by atoms with Crippen LogP contribution in [-0.2, 0) is 9.53 Å². The van der Waals surface area contributed by atoms with E-state index in [1.54, 1.807) is 24.4 Å². The number of hydrogen-bond donors (Lipinski definition) is 1. The Labute approximate surface area is 162 Å². The molecule has 5 nitrogen and oxygen atoms in total. The molecule has 4 rings (SSSR count). The summed E-state index contributed by atoms with van der Waals surface area (Å²) in [4.78, 5) is 30.4. The van der Waals surface area contributed by atoms with Gasteiger partial charge in [0.2, 0.25) is 0 Å². The van der Waals surface area contributed by atoms with E-state index in [1.165, 1.54) is 6.08 Å². The van der Waals surface area contributed by atoms with Crippen LogP contribution in [0.25, 0.3) is 18.2 Å². The molecule has 0 aromatic heterocycles. The van der Waals surface area contributed by atoms with Gasteiger partial charge in [-0.1, -0.05) is 49.1 Å². The van der Waals surface area contributed by atoms with Crippen LogP contribution in [0.3, 0.4) is 0 Å². The number of nitrogens with zero attached hydrogens (tertiary/aromatic N) is 1. The molecule has 1 aliphatic carbocycles. The minimum absolute atomic E-state index is 0.0384. The smallest absolute Gasteiger partial charge is 0.337 e. The lowest BCUT2D eigenvalue weighted by atomic mass is 9.97. The SMILES string of the molecule is C=CCOC(=O)C(Nc1ccccc1)C(=O)c1cc2c(c3c1=CC=C3)N=CC=2. The summed E-state index contributed by atoms with van der Waals surface area (Å²) in [5.74, 6) is -0.994. The second-order valence-electron chi connectivity index (χ2n) is 6.39. The number of Topliss-reactive ketones (excluding diaryl/α,β-unsaturated/α-hetero) is 1. The highest BCUT2D eigenvalue weighted by Gasteiger charge is 2.31. The molecule has 1 N–H and O–H groups in total. The summed E-state index contributed by atoms with van der Waals surface area (Å²) in [6, 6.07) is 9.73. The van der Waals surface area contributed by atoms with Gasteiger partial charge >= 0.3 is 5.97 Å². The number of ketones is 1. The maximum atomic E-state index is 13.4. The van der Waals surface area contributed by atoms with Crippen molar-refractivity contribution in [1.29, 1.82) is 0 Å². The van der Waals surface area contributed by atoms with Gasteiger partial charge in [0.15, 0.2) is 11.8 Å². The van der Waals surface area contributed by atoms with Crippen molar-refractivity contribution in [2.45, 2.75) is 6.04 Å².